The van der Waals surface area contributed by atoms with Gasteiger partial charge in [-0.2, -0.15) is 0 Å². The molecule has 0 fully saturated rings. The monoisotopic (exact) mass is 322 g/mol. The molecule has 0 saturated heterocycles. The molecule has 0 bridgehead atoms. The van der Waals surface area contributed by atoms with Gasteiger partial charge >= 0.3 is 5.97 Å². The van der Waals surface area contributed by atoms with Crippen LogP contribution in [-0.2, 0) is 11.3 Å². The highest BCUT2D eigenvalue weighted by molar-refractivity contribution is 6.13. The Kier molecular flexibility index (Phi) is 4.16. The number of allylic oxidation sites excluding steroid dienone is 2. The van der Waals surface area contributed by atoms with Crippen LogP contribution in [-0.4, -0.2) is 28.9 Å². The molecule has 0 aliphatic heterocycles. The number of hydrogen-bond donors (Lipinski definition) is 0. The molecule has 24 heavy (non-hydrogen) atoms. The maximum Gasteiger partial charge on any atom is 0.356 e. The molecular formula is C19H18N2O3. The van der Waals surface area contributed by atoms with Crippen molar-refractivity contribution in [2.45, 2.75) is 20.4 Å². The van der Waals surface area contributed by atoms with Gasteiger partial charge in [0, 0.05) is 22.8 Å². The van der Waals surface area contributed by atoms with Gasteiger partial charge in [-0.05, 0) is 26.0 Å². The fourth-order valence-electron chi connectivity index (χ4n) is 2.86. The van der Waals surface area contributed by atoms with E-state index in [-0.39, 0.29) is 11.4 Å². The normalized spacial score (nSPS) is 10.8. The van der Waals surface area contributed by atoms with E-state index in [1.165, 1.54) is 12.7 Å². The number of nitrogens with zero attached hydrogens (tertiary/aromatic N) is 2. The Labute approximate surface area is 139 Å². The highest BCUT2D eigenvalue weighted by Gasteiger charge is 2.18. The molecule has 5 heteroatoms. The van der Waals surface area contributed by atoms with Crippen molar-refractivity contribution in [2.24, 2.45) is 0 Å². The third-order valence-corrected chi connectivity index (χ3v) is 3.96. The number of carbonyl (C=O) groups excluding carboxylic acids is 2. The Morgan fingerprint density at radius 2 is 2.00 bits per heavy atom. The van der Waals surface area contributed by atoms with E-state index in [9.17, 15) is 9.59 Å². The van der Waals surface area contributed by atoms with Gasteiger partial charge in [0.25, 0.3) is 0 Å². The van der Waals surface area contributed by atoms with E-state index in [0.29, 0.717) is 12.8 Å². The molecule has 3 rings (SSSR count). The molecule has 2 aromatic heterocycles. The Hall–Kier alpha value is -2.95. The third-order valence-electron chi connectivity index (χ3n) is 3.96. The van der Waals surface area contributed by atoms with E-state index in [4.69, 9.17) is 4.74 Å². The van der Waals surface area contributed by atoms with Gasteiger partial charge in [-0.3, -0.25) is 4.79 Å². The van der Waals surface area contributed by atoms with E-state index in [0.717, 1.165) is 21.8 Å². The molecule has 1 aromatic carbocycles. The molecule has 0 saturated carbocycles. The van der Waals surface area contributed by atoms with E-state index in [2.05, 4.69) is 15.6 Å². The van der Waals surface area contributed by atoms with Gasteiger partial charge in [0.05, 0.1) is 12.6 Å². The van der Waals surface area contributed by atoms with Crippen molar-refractivity contribution in [3.8, 4) is 0 Å². The average molecular weight is 322 g/mol. The van der Waals surface area contributed by atoms with Gasteiger partial charge in [0.15, 0.2) is 6.29 Å². The minimum absolute atomic E-state index is 0.136. The number of rotatable bonds is 4. The van der Waals surface area contributed by atoms with E-state index < -0.39 is 5.97 Å². The summed E-state index contributed by atoms with van der Waals surface area (Å²) in [4.78, 5) is 27.7. The Morgan fingerprint density at radius 3 is 2.67 bits per heavy atom. The molecule has 2 heterocycles. The number of benzene rings is 1. The summed E-state index contributed by atoms with van der Waals surface area (Å²) in [7, 11) is 1.30. The predicted molar refractivity (Wildman–Crippen MR) is 93.4 cm³/mol. The summed E-state index contributed by atoms with van der Waals surface area (Å²) < 4.78 is 6.80. The summed E-state index contributed by atoms with van der Waals surface area (Å²) in [5, 5.41) is 1.80. The van der Waals surface area contributed by atoms with Crippen LogP contribution < -0.4 is 0 Å². The number of methoxy groups -OCH3 is 1. The number of carbonyl (C=O) groups is 2. The second-order valence-corrected chi connectivity index (χ2v) is 5.81. The van der Waals surface area contributed by atoms with Crippen LogP contribution in [0.3, 0.4) is 0 Å². The lowest BCUT2D eigenvalue weighted by atomic mass is 10.1. The van der Waals surface area contributed by atoms with Crippen molar-refractivity contribution in [1.82, 2.24) is 9.55 Å². The zero-order valence-electron chi connectivity index (χ0n) is 13.9. The van der Waals surface area contributed by atoms with Gasteiger partial charge in [-0.15, -0.1) is 0 Å². The molecule has 0 unspecified atom stereocenters. The second kappa shape index (κ2) is 6.28. The van der Waals surface area contributed by atoms with Crippen LogP contribution in [0.15, 0.2) is 42.0 Å². The molecule has 122 valence electrons. The fourth-order valence-corrected chi connectivity index (χ4v) is 2.86. The molecule has 5 nitrogen and oxygen atoms in total. The second-order valence-electron chi connectivity index (χ2n) is 5.81. The molecule has 0 N–H and O–H groups in total. The SMILES string of the molecule is COC(=O)c1cc2c3ccccc3n(CC=C(C)C)c2c(C=O)n1. The first kappa shape index (κ1) is 15.9. The lowest BCUT2D eigenvalue weighted by molar-refractivity contribution is 0.0594. The number of aldehydes is 1. The zero-order chi connectivity index (χ0) is 17.3. The largest absolute Gasteiger partial charge is 0.464 e. The molecular weight excluding hydrogens is 304 g/mol. The van der Waals surface area contributed by atoms with E-state index in [1.54, 1.807) is 6.07 Å². The highest BCUT2D eigenvalue weighted by atomic mass is 16.5. The lowest BCUT2D eigenvalue weighted by Crippen LogP contribution is -2.07. The predicted octanol–water partition coefficient (Wildman–Crippen LogP) is 3.75. The smallest absolute Gasteiger partial charge is 0.356 e. The topological polar surface area (TPSA) is 61.2 Å². The van der Waals surface area contributed by atoms with Crippen molar-refractivity contribution in [1.29, 1.82) is 0 Å². The number of ether oxygens (including phenoxy) is 1. The van der Waals surface area contributed by atoms with Crippen LogP contribution in [0.25, 0.3) is 21.8 Å². The Bertz CT molecular complexity index is 979. The van der Waals surface area contributed by atoms with Gasteiger partial charge in [-0.25, -0.2) is 9.78 Å². The first-order valence-corrected chi connectivity index (χ1v) is 7.65. The first-order chi connectivity index (χ1) is 11.6. The maximum atomic E-state index is 11.9. The van der Waals surface area contributed by atoms with Crippen molar-refractivity contribution >= 4 is 34.1 Å². The molecule has 0 aliphatic carbocycles. The summed E-state index contributed by atoms with van der Waals surface area (Å²) in [5.74, 6) is -0.555. The molecule has 3 aromatic rings. The summed E-state index contributed by atoms with van der Waals surface area (Å²) in [6.07, 6.45) is 2.78. The van der Waals surface area contributed by atoms with Crippen LogP contribution in [0.5, 0.6) is 0 Å². The summed E-state index contributed by atoms with van der Waals surface area (Å²) in [6, 6.07) is 9.56. The van der Waals surface area contributed by atoms with Crippen LogP contribution in [0.4, 0.5) is 0 Å². The Balaban J connectivity index is 2.42. The van der Waals surface area contributed by atoms with Gasteiger partial charge < -0.3 is 9.30 Å². The number of fused-ring (bicyclic) bond motifs is 3. The lowest BCUT2D eigenvalue weighted by Gasteiger charge is -2.07. The van der Waals surface area contributed by atoms with Crippen LogP contribution in [0.1, 0.15) is 34.8 Å². The van der Waals surface area contributed by atoms with Crippen molar-refractivity contribution < 1.29 is 14.3 Å². The minimum Gasteiger partial charge on any atom is -0.464 e. The van der Waals surface area contributed by atoms with Gasteiger partial charge in [0.1, 0.15) is 11.4 Å². The van der Waals surface area contributed by atoms with Crippen LogP contribution in [0, 0.1) is 0 Å². The van der Waals surface area contributed by atoms with Crippen molar-refractivity contribution in [3.05, 3.63) is 53.4 Å². The molecule has 0 spiro atoms. The van der Waals surface area contributed by atoms with Crippen molar-refractivity contribution in [3.63, 3.8) is 0 Å². The average Bonchev–Trinajstić information content (AvgIpc) is 2.92. The van der Waals surface area contributed by atoms with Crippen molar-refractivity contribution in [2.75, 3.05) is 7.11 Å². The summed E-state index contributed by atoms with van der Waals surface area (Å²) in [6.45, 7) is 4.69. The molecule has 0 aliphatic rings. The number of para-hydroxylation sites is 1. The molecule has 0 atom stereocenters. The third kappa shape index (κ3) is 2.58. The fraction of sp³-hybridized carbons (Fsp3) is 0.211. The standard InChI is InChI=1S/C19H18N2O3/c1-12(2)8-9-21-17-7-5-4-6-13(17)14-10-15(19(23)24-3)20-16(11-22)18(14)21/h4-8,10-11H,9H2,1-3H3. The van der Waals surface area contributed by atoms with Crippen LogP contribution >= 0.6 is 0 Å². The quantitative estimate of drug-likeness (QED) is 0.417. The summed E-state index contributed by atoms with van der Waals surface area (Å²) in [5.41, 5.74) is 3.30. The minimum atomic E-state index is -0.555. The van der Waals surface area contributed by atoms with E-state index in [1.807, 2.05) is 38.1 Å². The van der Waals surface area contributed by atoms with Gasteiger partial charge in [0.2, 0.25) is 0 Å². The molecule has 0 radical (unpaired) electrons. The zero-order valence-corrected chi connectivity index (χ0v) is 13.9. The Morgan fingerprint density at radius 1 is 1.25 bits per heavy atom. The molecule has 0 amide bonds. The van der Waals surface area contributed by atoms with Crippen LogP contribution in [0.2, 0.25) is 0 Å². The van der Waals surface area contributed by atoms with Gasteiger partial charge in [-0.1, -0.05) is 29.8 Å². The number of aromatic nitrogens is 2. The van der Waals surface area contributed by atoms with E-state index >= 15 is 0 Å². The number of hydrogen-bond acceptors (Lipinski definition) is 4. The number of esters is 1. The first-order valence-electron chi connectivity index (χ1n) is 7.65. The summed E-state index contributed by atoms with van der Waals surface area (Å²) >= 11 is 0. The highest BCUT2D eigenvalue weighted by Crippen LogP contribution is 2.31. The maximum absolute atomic E-state index is 11.9. The number of pyridine rings is 1.